The highest BCUT2D eigenvalue weighted by molar-refractivity contribution is 5.97. The predicted molar refractivity (Wildman–Crippen MR) is 86.6 cm³/mol. The monoisotopic (exact) mass is 315 g/mol. The summed E-state index contributed by atoms with van der Waals surface area (Å²) in [5.41, 5.74) is 3.40. The minimum atomic E-state index is -1.02. The van der Waals surface area contributed by atoms with Crippen molar-refractivity contribution in [1.29, 1.82) is 0 Å². The van der Waals surface area contributed by atoms with E-state index in [9.17, 15) is 9.59 Å². The molecule has 5 heteroatoms. The normalized spacial score (nSPS) is 10.5. The molecule has 1 amide bonds. The number of hydrogen-bond acceptors (Lipinski definition) is 3. The predicted octanol–water partition coefficient (Wildman–Crippen LogP) is 2.75. The van der Waals surface area contributed by atoms with Gasteiger partial charge in [0.25, 0.3) is 5.91 Å². The maximum atomic E-state index is 12.3. The molecular formula is C18H21NO4. The van der Waals surface area contributed by atoms with Gasteiger partial charge in [-0.1, -0.05) is 31.2 Å². The van der Waals surface area contributed by atoms with Gasteiger partial charge in [-0.25, -0.2) is 0 Å². The van der Waals surface area contributed by atoms with E-state index >= 15 is 0 Å². The van der Waals surface area contributed by atoms with Crippen LogP contribution < -0.4 is 5.32 Å². The largest absolute Gasteiger partial charge is 0.481 e. The molecule has 0 saturated carbocycles. The van der Waals surface area contributed by atoms with Gasteiger partial charge in [0.1, 0.15) is 12.2 Å². The Labute approximate surface area is 135 Å². The van der Waals surface area contributed by atoms with Crippen LogP contribution in [0, 0.1) is 6.92 Å². The number of amides is 1. The first-order chi connectivity index (χ1) is 11.0. The Morgan fingerprint density at radius 1 is 1.17 bits per heavy atom. The van der Waals surface area contributed by atoms with Gasteiger partial charge in [0.15, 0.2) is 0 Å². The second kappa shape index (κ2) is 7.63. The van der Waals surface area contributed by atoms with Crippen molar-refractivity contribution in [1.82, 2.24) is 5.32 Å². The van der Waals surface area contributed by atoms with Crippen molar-refractivity contribution in [3.63, 3.8) is 0 Å². The maximum absolute atomic E-state index is 12.3. The van der Waals surface area contributed by atoms with E-state index in [0.717, 1.165) is 18.4 Å². The zero-order valence-corrected chi connectivity index (χ0v) is 13.4. The number of carboxylic acids is 1. The first-order valence-corrected chi connectivity index (χ1v) is 7.66. The van der Waals surface area contributed by atoms with Crippen LogP contribution in [0.3, 0.4) is 0 Å². The summed E-state index contributed by atoms with van der Waals surface area (Å²) in [6.45, 7) is 4.33. The molecule has 23 heavy (non-hydrogen) atoms. The second-order valence-corrected chi connectivity index (χ2v) is 5.46. The van der Waals surface area contributed by atoms with Crippen LogP contribution in [0.4, 0.5) is 0 Å². The number of carbonyl (C=O) groups excluding carboxylic acids is 1. The van der Waals surface area contributed by atoms with E-state index in [2.05, 4.69) is 36.5 Å². The molecule has 2 N–H and O–H groups in total. The first-order valence-electron chi connectivity index (χ1n) is 7.66. The van der Waals surface area contributed by atoms with Gasteiger partial charge < -0.3 is 14.8 Å². The number of benzene rings is 1. The quantitative estimate of drug-likeness (QED) is 0.823. The van der Waals surface area contributed by atoms with Crippen LogP contribution in [-0.2, 0) is 24.1 Å². The highest BCUT2D eigenvalue weighted by Crippen LogP contribution is 2.17. The summed E-state index contributed by atoms with van der Waals surface area (Å²) >= 11 is 0. The van der Waals surface area contributed by atoms with Crippen molar-refractivity contribution >= 4 is 11.9 Å². The van der Waals surface area contributed by atoms with Crippen LogP contribution in [0.5, 0.6) is 0 Å². The highest BCUT2D eigenvalue weighted by atomic mass is 16.4. The van der Waals surface area contributed by atoms with Gasteiger partial charge >= 0.3 is 5.97 Å². The molecule has 1 aromatic carbocycles. The van der Waals surface area contributed by atoms with Crippen molar-refractivity contribution in [2.24, 2.45) is 0 Å². The molecule has 0 fully saturated rings. The molecule has 0 aliphatic carbocycles. The second-order valence-electron chi connectivity index (χ2n) is 5.46. The summed E-state index contributed by atoms with van der Waals surface area (Å²) in [6, 6.07) is 8.29. The summed E-state index contributed by atoms with van der Waals surface area (Å²) in [5, 5.41) is 11.7. The number of hydrogen-bond donors (Lipinski definition) is 2. The molecule has 0 saturated heterocycles. The van der Waals surface area contributed by atoms with E-state index < -0.39 is 5.97 Å². The summed E-state index contributed by atoms with van der Waals surface area (Å²) in [6.07, 6.45) is 2.84. The Kier molecular flexibility index (Phi) is 5.57. The molecule has 0 spiro atoms. The molecule has 0 bridgehead atoms. The molecule has 0 aliphatic heterocycles. The van der Waals surface area contributed by atoms with E-state index in [4.69, 9.17) is 9.52 Å². The Morgan fingerprint density at radius 3 is 2.43 bits per heavy atom. The number of carboxylic acid groups (broad SMARTS) is 1. The van der Waals surface area contributed by atoms with E-state index in [1.807, 2.05) is 0 Å². The Balaban J connectivity index is 1.94. The van der Waals surface area contributed by atoms with Crippen molar-refractivity contribution in [2.75, 3.05) is 6.54 Å². The number of carbonyl (C=O) groups is 2. The summed E-state index contributed by atoms with van der Waals surface area (Å²) in [7, 11) is 0. The third-order valence-electron chi connectivity index (χ3n) is 3.72. The fourth-order valence-corrected chi connectivity index (χ4v) is 2.42. The van der Waals surface area contributed by atoms with E-state index in [1.165, 1.54) is 11.8 Å². The number of aryl methyl sites for hydroxylation is 2. The average molecular weight is 315 g/mol. The number of aliphatic carboxylic acids is 1. The SMILES string of the molecule is CCc1ccc(CCNC(=O)c2c(C)coc2CC(=O)O)cc1. The Hall–Kier alpha value is -2.56. The lowest BCUT2D eigenvalue weighted by molar-refractivity contribution is -0.136. The molecule has 5 nitrogen and oxygen atoms in total. The van der Waals surface area contributed by atoms with E-state index in [0.29, 0.717) is 17.7 Å². The minimum Gasteiger partial charge on any atom is -0.481 e. The lowest BCUT2D eigenvalue weighted by atomic mass is 10.1. The summed E-state index contributed by atoms with van der Waals surface area (Å²) < 4.78 is 5.18. The molecule has 0 atom stereocenters. The van der Waals surface area contributed by atoms with Crippen LogP contribution in [0.2, 0.25) is 0 Å². The minimum absolute atomic E-state index is 0.194. The number of nitrogens with one attached hydrogen (secondary N) is 1. The third-order valence-corrected chi connectivity index (χ3v) is 3.72. The van der Waals surface area contributed by atoms with Gasteiger partial charge in [-0.15, -0.1) is 0 Å². The van der Waals surface area contributed by atoms with Crippen molar-refractivity contribution in [3.05, 3.63) is 58.5 Å². The van der Waals surface area contributed by atoms with Crippen molar-refractivity contribution in [3.8, 4) is 0 Å². The summed E-state index contributed by atoms with van der Waals surface area (Å²) in [4.78, 5) is 23.1. The Bertz CT molecular complexity index is 686. The van der Waals surface area contributed by atoms with E-state index in [-0.39, 0.29) is 18.1 Å². The van der Waals surface area contributed by atoms with E-state index in [1.54, 1.807) is 6.92 Å². The van der Waals surface area contributed by atoms with Gasteiger partial charge in [-0.2, -0.15) is 0 Å². The van der Waals surface area contributed by atoms with Crippen LogP contribution in [0.15, 0.2) is 34.9 Å². The smallest absolute Gasteiger partial charge is 0.311 e. The van der Waals surface area contributed by atoms with Crippen molar-refractivity contribution in [2.45, 2.75) is 33.1 Å². The van der Waals surface area contributed by atoms with Crippen LogP contribution in [0.25, 0.3) is 0 Å². The molecule has 122 valence electrons. The molecule has 1 heterocycles. The lowest BCUT2D eigenvalue weighted by Crippen LogP contribution is -2.27. The highest BCUT2D eigenvalue weighted by Gasteiger charge is 2.20. The lowest BCUT2D eigenvalue weighted by Gasteiger charge is -2.07. The first kappa shape index (κ1) is 16.8. The Morgan fingerprint density at radius 2 is 1.83 bits per heavy atom. The number of rotatable bonds is 7. The van der Waals surface area contributed by atoms with Gasteiger partial charge in [-0.05, 0) is 30.9 Å². The van der Waals surface area contributed by atoms with Crippen LogP contribution in [-0.4, -0.2) is 23.5 Å². The molecule has 0 aliphatic rings. The van der Waals surface area contributed by atoms with Gasteiger partial charge in [0, 0.05) is 12.1 Å². The molecule has 1 aromatic heterocycles. The molecule has 2 aromatic rings. The molecule has 0 unspecified atom stereocenters. The fourth-order valence-electron chi connectivity index (χ4n) is 2.42. The summed E-state index contributed by atoms with van der Waals surface area (Å²) in [5.74, 6) is -1.12. The maximum Gasteiger partial charge on any atom is 0.311 e. The molecule has 0 radical (unpaired) electrons. The van der Waals surface area contributed by atoms with Gasteiger partial charge in [0.05, 0.1) is 11.8 Å². The topological polar surface area (TPSA) is 79.5 Å². The van der Waals surface area contributed by atoms with Crippen LogP contribution in [0.1, 0.15) is 39.7 Å². The van der Waals surface area contributed by atoms with Crippen LogP contribution >= 0.6 is 0 Å². The standard InChI is InChI=1S/C18H21NO4/c1-3-13-4-6-14(7-5-13)8-9-19-18(22)17-12(2)11-23-15(17)10-16(20)21/h4-7,11H,3,8-10H2,1-2H3,(H,19,22)(H,20,21). The van der Waals surface area contributed by atoms with Crippen molar-refractivity contribution < 1.29 is 19.1 Å². The number of furan rings is 1. The molecule has 2 rings (SSSR count). The zero-order chi connectivity index (χ0) is 16.8. The zero-order valence-electron chi connectivity index (χ0n) is 13.4. The third kappa shape index (κ3) is 4.45. The average Bonchev–Trinajstić information content (AvgIpc) is 2.88. The fraction of sp³-hybridized carbons (Fsp3) is 0.333. The van der Waals surface area contributed by atoms with Gasteiger partial charge in [-0.3, -0.25) is 9.59 Å². The molecular weight excluding hydrogens is 294 g/mol. The van der Waals surface area contributed by atoms with Gasteiger partial charge in [0.2, 0.25) is 0 Å².